The summed E-state index contributed by atoms with van der Waals surface area (Å²) in [7, 11) is 0. The molecule has 2 atom stereocenters. The van der Waals surface area contributed by atoms with Crippen LogP contribution in [0.1, 0.15) is 39.5 Å². The van der Waals surface area contributed by atoms with E-state index in [-0.39, 0.29) is 17.9 Å². The highest BCUT2D eigenvalue weighted by atomic mass is 16.2. The number of imide groups is 1. The summed E-state index contributed by atoms with van der Waals surface area (Å²) in [5.41, 5.74) is 0. The Balaban J connectivity index is 1.72. The van der Waals surface area contributed by atoms with Crippen molar-refractivity contribution >= 4 is 11.8 Å². The van der Waals surface area contributed by atoms with Crippen LogP contribution in [-0.4, -0.2) is 60.4 Å². The van der Waals surface area contributed by atoms with Gasteiger partial charge in [-0.3, -0.25) is 14.5 Å². The Hall–Kier alpha value is -0.940. The van der Waals surface area contributed by atoms with Crippen LogP contribution in [0.2, 0.25) is 0 Å². The van der Waals surface area contributed by atoms with Crippen LogP contribution in [-0.2, 0) is 9.59 Å². The molecule has 0 saturated carbocycles. The summed E-state index contributed by atoms with van der Waals surface area (Å²) in [4.78, 5) is 27.5. The van der Waals surface area contributed by atoms with Crippen molar-refractivity contribution in [3.8, 4) is 0 Å². The number of amides is 2. The van der Waals surface area contributed by atoms with Crippen LogP contribution < -0.4 is 5.32 Å². The standard InChI is InChI=1S/C15H27N3O2/c1-3-18-14(19)9-13(15(18)20)16-10-12(2)11-17-7-5-4-6-8-17/h12-13,16H,3-11H2,1-2H3. The summed E-state index contributed by atoms with van der Waals surface area (Å²) in [5, 5.41) is 3.28. The van der Waals surface area contributed by atoms with Crippen molar-refractivity contribution < 1.29 is 9.59 Å². The number of piperidine rings is 1. The molecule has 2 aliphatic rings. The number of hydrogen-bond acceptors (Lipinski definition) is 4. The third kappa shape index (κ3) is 3.79. The number of nitrogens with zero attached hydrogens (tertiary/aromatic N) is 2. The lowest BCUT2D eigenvalue weighted by Crippen LogP contribution is -2.42. The predicted octanol–water partition coefficient (Wildman–Crippen LogP) is 0.845. The summed E-state index contributed by atoms with van der Waals surface area (Å²) in [6.45, 7) is 8.83. The molecule has 2 saturated heterocycles. The van der Waals surface area contributed by atoms with Crippen LogP contribution in [0.5, 0.6) is 0 Å². The van der Waals surface area contributed by atoms with Gasteiger partial charge in [0.25, 0.3) is 0 Å². The molecule has 2 aliphatic heterocycles. The highest BCUT2D eigenvalue weighted by Crippen LogP contribution is 2.14. The summed E-state index contributed by atoms with van der Waals surface area (Å²) in [6.07, 6.45) is 4.29. The minimum Gasteiger partial charge on any atom is -0.305 e. The summed E-state index contributed by atoms with van der Waals surface area (Å²) < 4.78 is 0. The van der Waals surface area contributed by atoms with Crippen molar-refractivity contribution in [3.63, 3.8) is 0 Å². The van der Waals surface area contributed by atoms with Crippen molar-refractivity contribution in [1.29, 1.82) is 0 Å². The highest BCUT2D eigenvalue weighted by molar-refractivity contribution is 6.05. The zero-order valence-corrected chi connectivity index (χ0v) is 12.7. The maximum atomic E-state index is 12.0. The number of carbonyl (C=O) groups is 2. The third-order valence-corrected chi connectivity index (χ3v) is 4.29. The van der Waals surface area contributed by atoms with E-state index in [2.05, 4.69) is 17.1 Å². The number of carbonyl (C=O) groups excluding carboxylic acids is 2. The number of likely N-dealkylation sites (N-methyl/N-ethyl adjacent to an activating group) is 1. The molecular formula is C15H27N3O2. The van der Waals surface area contributed by atoms with Crippen LogP contribution in [0.25, 0.3) is 0 Å². The monoisotopic (exact) mass is 281 g/mol. The molecule has 0 radical (unpaired) electrons. The first-order chi connectivity index (χ1) is 9.61. The third-order valence-electron chi connectivity index (χ3n) is 4.29. The maximum absolute atomic E-state index is 12.0. The van der Waals surface area contributed by atoms with Gasteiger partial charge in [0.15, 0.2) is 0 Å². The quantitative estimate of drug-likeness (QED) is 0.733. The van der Waals surface area contributed by atoms with Crippen LogP contribution in [0.4, 0.5) is 0 Å². The van der Waals surface area contributed by atoms with E-state index in [1.165, 1.54) is 37.3 Å². The van der Waals surface area contributed by atoms with Crippen molar-refractivity contribution in [1.82, 2.24) is 15.1 Å². The Morgan fingerprint density at radius 2 is 1.95 bits per heavy atom. The number of rotatable bonds is 6. The fourth-order valence-electron chi connectivity index (χ4n) is 3.17. The Bertz CT molecular complexity index is 353. The lowest BCUT2D eigenvalue weighted by Gasteiger charge is -2.29. The van der Waals surface area contributed by atoms with Crippen LogP contribution in [0.15, 0.2) is 0 Å². The Kier molecular flexibility index (Phi) is 5.54. The number of likely N-dealkylation sites (tertiary alicyclic amines) is 2. The lowest BCUT2D eigenvalue weighted by molar-refractivity contribution is -0.138. The molecule has 2 fully saturated rings. The molecule has 0 bridgehead atoms. The Morgan fingerprint density at radius 1 is 1.25 bits per heavy atom. The minimum absolute atomic E-state index is 0.0429. The molecule has 5 heteroatoms. The maximum Gasteiger partial charge on any atom is 0.246 e. The van der Waals surface area contributed by atoms with Crippen molar-refractivity contribution in [2.45, 2.75) is 45.6 Å². The second kappa shape index (κ2) is 7.18. The fourth-order valence-corrected chi connectivity index (χ4v) is 3.17. The molecule has 2 amide bonds. The van der Waals surface area contributed by atoms with Gasteiger partial charge in [-0.1, -0.05) is 13.3 Å². The second-order valence-electron chi connectivity index (χ2n) is 6.11. The van der Waals surface area contributed by atoms with E-state index in [9.17, 15) is 9.59 Å². The molecule has 20 heavy (non-hydrogen) atoms. The summed E-state index contributed by atoms with van der Waals surface area (Å²) in [5.74, 6) is 0.410. The first kappa shape index (κ1) is 15.4. The van der Waals surface area contributed by atoms with Gasteiger partial charge in [-0.15, -0.1) is 0 Å². The molecule has 2 rings (SSSR count). The molecular weight excluding hydrogens is 254 g/mol. The predicted molar refractivity (Wildman–Crippen MR) is 78.3 cm³/mol. The van der Waals surface area contributed by atoms with Gasteiger partial charge in [-0.2, -0.15) is 0 Å². The lowest BCUT2D eigenvalue weighted by atomic mass is 10.1. The second-order valence-corrected chi connectivity index (χ2v) is 6.11. The largest absolute Gasteiger partial charge is 0.305 e. The van der Waals surface area contributed by atoms with E-state index in [0.717, 1.165) is 13.1 Å². The molecule has 0 aromatic heterocycles. The van der Waals surface area contributed by atoms with Crippen LogP contribution in [0.3, 0.4) is 0 Å². The number of nitrogens with one attached hydrogen (secondary N) is 1. The molecule has 114 valence electrons. The van der Waals surface area contributed by atoms with E-state index in [4.69, 9.17) is 0 Å². The van der Waals surface area contributed by atoms with Gasteiger partial charge in [-0.25, -0.2) is 0 Å². The Morgan fingerprint density at radius 3 is 2.55 bits per heavy atom. The van der Waals surface area contributed by atoms with Crippen molar-refractivity contribution in [3.05, 3.63) is 0 Å². The zero-order chi connectivity index (χ0) is 14.5. The van der Waals surface area contributed by atoms with Gasteiger partial charge < -0.3 is 10.2 Å². The van der Waals surface area contributed by atoms with Gasteiger partial charge in [0, 0.05) is 13.1 Å². The van der Waals surface area contributed by atoms with Crippen LogP contribution >= 0.6 is 0 Å². The van der Waals surface area contributed by atoms with Crippen LogP contribution in [0, 0.1) is 5.92 Å². The Labute approximate surface area is 121 Å². The number of hydrogen-bond donors (Lipinski definition) is 1. The van der Waals surface area contributed by atoms with Crippen molar-refractivity contribution in [2.75, 3.05) is 32.7 Å². The van der Waals surface area contributed by atoms with Gasteiger partial charge in [0.2, 0.25) is 11.8 Å². The smallest absolute Gasteiger partial charge is 0.246 e. The van der Waals surface area contributed by atoms with Gasteiger partial charge in [-0.05, 0) is 45.3 Å². The van der Waals surface area contributed by atoms with E-state index in [1.807, 2.05) is 6.92 Å². The van der Waals surface area contributed by atoms with E-state index < -0.39 is 0 Å². The van der Waals surface area contributed by atoms with Gasteiger partial charge in [0.1, 0.15) is 0 Å². The van der Waals surface area contributed by atoms with E-state index >= 15 is 0 Å². The zero-order valence-electron chi connectivity index (χ0n) is 12.7. The molecule has 2 unspecified atom stereocenters. The molecule has 0 aromatic carbocycles. The SMILES string of the molecule is CCN1C(=O)CC(NCC(C)CN2CCCCC2)C1=O. The summed E-state index contributed by atoms with van der Waals surface area (Å²) >= 11 is 0. The minimum atomic E-state index is -0.300. The molecule has 0 aromatic rings. The van der Waals surface area contributed by atoms with Crippen molar-refractivity contribution in [2.24, 2.45) is 5.92 Å². The fraction of sp³-hybridized carbons (Fsp3) is 0.867. The molecule has 2 heterocycles. The van der Waals surface area contributed by atoms with Gasteiger partial charge >= 0.3 is 0 Å². The molecule has 1 N–H and O–H groups in total. The molecule has 0 spiro atoms. The first-order valence-corrected chi connectivity index (χ1v) is 7.91. The highest BCUT2D eigenvalue weighted by Gasteiger charge is 2.37. The van der Waals surface area contributed by atoms with Gasteiger partial charge in [0.05, 0.1) is 12.5 Å². The normalized spacial score (nSPS) is 26.3. The summed E-state index contributed by atoms with van der Waals surface area (Å²) in [6, 6.07) is -0.300. The average Bonchev–Trinajstić information content (AvgIpc) is 2.72. The average molecular weight is 281 g/mol. The topological polar surface area (TPSA) is 52.7 Å². The van der Waals surface area contributed by atoms with E-state index in [0.29, 0.717) is 18.9 Å². The first-order valence-electron chi connectivity index (χ1n) is 7.91. The molecule has 5 nitrogen and oxygen atoms in total. The van der Waals surface area contributed by atoms with E-state index in [1.54, 1.807) is 0 Å². The molecule has 0 aliphatic carbocycles.